The van der Waals surface area contributed by atoms with Crippen molar-refractivity contribution in [3.05, 3.63) is 93.0 Å². The van der Waals surface area contributed by atoms with Crippen LogP contribution in [0.4, 0.5) is 0 Å². The monoisotopic (exact) mass is 1700 g/mol. The molecule has 4 aromatic rings. The van der Waals surface area contributed by atoms with Crippen molar-refractivity contribution in [2.24, 2.45) is 93.9 Å². The van der Waals surface area contributed by atoms with Crippen LogP contribution in [0.5, 0.6) is 46.0 Å². The van der Waals surface area contributed by atoms with Crippen LogP contribution < -0.4 is 60.8 Å². The van der Waals surface area contributed by atoms with Gasteiger partial charge in [0.15, 0.2) is 46.0 Å². The molecule has 0 amide bonds. The number of fused-ring (bicyclic) bond motifs is 12. The van der Waals surface area contributed by atoms with Gasteiger partial charge in [0, 0.05) is 151 Å². The van der Waals surface area contributed by atoms with Crippen LogP contribution in [0.2, 0.25) is 0 Å². The number of esters is 4. The first-order valence-corrected chi connectivity index (χ1v) is 42.3. The predicted molar refractivity (Wildman–Crippen MR) is 471 cm³/mol. The summed E-state index contributed by atoms with van der Waals surface area (Å²) in [6.07, 6.45) is -5.89. The molecule has 0 spiro atoms. The van der Waals surface area contributed by atoms with Gasteiger partial charge in [0.25, 0.3) is 0 Å². The van der Waals surface area contributed by atoms with Crippen molar-refractivity contribution in [3.63, 3.8) is 0 Å². The standard InChI is InChI=1S/4C24H38N2O4/c4*1-14(2)9-17-13-26-8-7-16-10-21(28-5)22(29-6)11-18(16)19(26)12-20(17)30-24(27)23(25)15(3)4/h4*10-11,14-15,17,19-20,23H,7-9,12-13,25H2,1-6H3/t4*17-,19-,20+,23+/m1111/s1/i1D3,5D3,9D2,14D;2*1D3,9D2,14D;5D3/t3*14?,17-,19-,20+,23+;m. The Bertz CT molecular complexity index is 4910. The molecule has 120 heavy (non-hydrogen) atoms. The van der Waals surface area contributed by atoms with Crippen molar-refractivity contribution in [1.29, 1.82) is 0 Å². The minimum atomic E-state index is -2.93. The van der Waals surface area contributed by atoms with Crippen LogP contribution in [0.3, 0.4) is 0 Å². The highest BCUT2D eigenvalue weighted by molar-refractivity contribution is 5.77. The summed E-state index contributed by atoms with van der Waals surface area (Å²) in [6.45, 7) is 17.1. The molecular formula is C96H152N8O16. The van der Waals surface area contributed by atoms with Gasteiger partial charge in [0.2, 0.25) is 0 Å². The third-order valence-electron chi connectivity index (χ3n) is 24.7. The number of carbonyl (C=O) groups excluding carboxylic acids is 4. The Labute approximate surface area is 752 Å². The fourth-order valence-corrected chi connectivity index (χ4v) is 17.9. The number of hydrogen-bond acceptors (Lipinski definition) is 24. The Morgan fingerprint density at radius 3 is 0.783 bits per heavy atom. The summed E-state index contributed by atoms with van der Waals surface area (Å²) in [5.41, 5.74) is 31.9. The van der Waals surface area contributed by atoms with E-state index in [1.54, 1.807) is 88.2 Å². The number of ether oxygens (including phenoxy) is 12. The van der Waals surface area contributed by atoms with Gasteiger partial charge in [0.05, 0.1) is 65.0 Å². The van der Waals surface area contributed by atoms with Gasteiger partial charge < -0.3 is 79.8 Å². The quantitative estimate of drug-likeness (QED) is 0.0303. The lowest BCUT2D eigenvalue weighted by atomic mass is 9.79. The molecule has 0 aliphatic carbocycles. The lowest BCUT2D eigenvalue weighted by molar-refractivity contribution is -0.161. The lowest BCUT2D eigenvalue weighted by Gasteiger charge is -2.47. The summed E-state index contributed by atoms with van der Waals surface area (Å²) < 4.78 is 261. The Morgan fingerprint density at radius 2 is 0.575 bits per heavy atom. The largest absolute Gasteiger partial charge is 0.493 e. The molecule has 19 atom stereocenters. The Kier molecular flexibility index (Phi) is 24.6. The third-order valence-corrected chi connectivity index (χ3v) is 24.7. The summed E-state index contributed by atoms with van der Waals surface area (Å²) in [6, 6.07) is 10.5. The van der Waals surface area contributed by atoms with Crippen molar-refractivity contribution >= 4 is 23.9 Å². The maximum Gasteiger partial charge on any atom is 0.323 e. The van der Waals surface area contributed by atoms with Crippen LogP contribution in [0.1, 0.15) is 263 Å². The fourth-order valence-electron chi connectivity index (χ4n) is 17.9. The Balaban J connectivity index is 0.000000214. The van der Waals surface area contributed by atoms with Gasteiger partial charge in [-0.05, 0) is 192 Å². The molecule has 0 bridgehead atoms. The zero-order chi connectivity index (χ0) is 109. The van der Waals surface area contributed by atoms with Crippen LogP contribution in [-0.2, 0) is 63.8 Å². The number of nitrogens with zero attached hydrogens (tertiary/aromatic N) is 4. The van der Waals surface area contributed by atoms with Gasteiger partial charge in [-0.2, -0.15) is 0 Å². The van der Waals surface area contributed by atoms with E-state index in [2.05, 4.69) is 28.5 Å². The zero-order valence-electron chi connectivity index (χ0n) is 97.9. The molecule has 4 saturated heterocycles. The maximum absolute atomic E-state index is 12.9. The summed E-state index contributed by atoms with van der Waals surface area (Å²) >= 11 is 0. The average molecular weight is 1700 g/mol. The molecule has 8 N–H and O–H groups in total. The van der Waals surface area contributed by atoms with Crippen molar-refractivity contribution < 1.29 is 109 Å². The number of carbonyl (C=O) groups is 4. The third kappa shape index (κ3) is 23.8. The van der Waals surface area contributed by atoms with Gasteiger partial charge in [0.1, 0.15) is 48.6 Å². The predicted octanol–water partition coefficient (Wildman–Crippen LogP) is 14.3. The van der Waals surface area contributed by atoms with Crippen LogP contribution in [0.15, 0.2) is 48.5 Å². The summed E-state index contributed by atoms with van der Waals surface area (Å²) in [4.78, 5) is 60.0. The topological polar surface area (TPSA) is 296 Å². The highest BCUT2D eigenvalue weighted by Crippen LogP contribution is 2.50. The van der Waals surface area contributed by atoms with E-state index in [4.69, 9.17) is 113 Å². The molecule has 8 heterocycles. The molecule has 0 aromatic heterocycles. The molecule has 24 nitrogen and oxygen atoms in total. The maximum atomic E-state index is 12.9. The minimum Gasteiger partial charge on any atom is -0.493 e. The smallest absolute Gasteiger partial charge is 0.323 e. The van der Waals surface area contributed by atoms with E-state index in [0.29, 0.717) is 80.0 Å². The highest BCUT2D eigenvalue weighted by Gasteiger charge is 2.47. The van der Waals surface area contributed by atoms with Gasteiger partial charge in [-0.3, -0.25) is 38.8 Å². The number of piperidine rings is 4. The van der Waals surface area contributed by atoms with E-state index in [9.17, 15) is 19.2 Å². The Morgan fingerprint density at radius 1 is 0.358 bits per heavy atom. The van der Waals surface area contributed by atoms with Crippen molar-refractivity contribution in [2.75, 3.05) is 109 Å². The molecule has 12 rings (SSSR count). The van der Waals surface area contributed by atoms with Gasteiger partial charge in [-0.25, -0.2) is 0 Å². The van der Waals surface area contributed by atoms with E-state index < -0.39 is 150 Å². The van der Waals surface area contributed by atoms with E-state index >= 15 is 0 Å². The number of nitrogens with two attached hydrogens (primary N) is 4. The second-order valence-electron chi connectivity index (χ2n) is 34.9. The summed E-state index contributed by atoms with van der Waals surface area (Å²) in [5, 5.41) is 0. The normalized spacial score (nSPS) is 30.2. The van der Waals surface area contributed by atoms with Crippen molar-refractivity contribution in [2.45, 2.75) is 260 Å². The van der Waals surface area contributed by atoms with Gasteiger partial charge >= 0.3 is 23.9 Å². The average Bonchev–Trinajstić information content (AvgIpc) is 0.732. The molecule has 0 saturated carbocycles. The second kappa shape index (κ2) is 43.9. The fraction of sp³-hybridized carbons (Fsp3) is 0.708. The number of methoxy groups -OCH3 is 8. The molecule has 8 aliphatic rings. The molecular weight excluding hydrogens is 1520 g/mol. The second-order valence-corrected chi connectivity index (χ2v) is 34.9. The SMILES string of the molecule is [2H]C([2H])([2H])C([2H])(C)C([2H])([2H])[C@@H]1CN2CCc3cc(OC)c(OC)cc3[C@H]2C[C@@H]1OC(=O)[C@@H](N)C(C)C.[2H]C([2H])([2H])C([2H])(C)C([2H])([2H])[C@@H]1CN2CCc3cc(OC)c(OC)cc3[C@H]2C[C@@H]1OC(=O)[C@@H](N)C(C)C.[2H]C([2H])([2H])Oc1cc2c(cc1OC)[C@H]1C[C@H](OC(=O)[C@@H](N)C(C)C)[C@H](C([2H])([2H])C([2H])(C)C([2H])([2H])[2H])CN1CC2.[2H]C([2H])([2H])Oc1cc2c(cc1OC)[C@H]1C[C@H](OC(=O)[C@@H](N)C(C)C)[C@H](CC(C)C)CN1CC2. The Hall–Kier alpha value is -7.16. The molecule has 0 radical (unpaired) electrons. The first kappa shape index (κ1) is 67.3. The zero-order valence-corrected chi connectivity index (χ0v) is 73.9. The van der Waals surface area contributed by atoms with Crippen molar-refractivity contribution in [3.8, 4) is 46.0 Å². The van der Waals surface area contributed by atoms with Crippen molar-refractivity contribution in [1.82, 2.24) is 19.6 Å². The van der Waals surface area contributed by atoms with Crippen LogP contribution in [0, 0.1) is 70.9 Å². The van der Waals surface area contributed by atoms with Gasteiger partial charge in [-0.1, -0.05) is 111 Å². The first-order valence-electron chi connectivity index (χ1n) is 54.3. The van der Waals surface area contributed by atoms with Crippen LogP contribution in [0.25, 0.3) is 0 Å². The lowest BCUT2D eigenvalue weighted by Crippen LogP contribution is -2.51. The van der Waals surface area contributed by atoms with Crippen LogP contribution in [-0.4, -0.2) is 201 Å². The molecule has 8 aliphatic heterocycles. The van der Waals surface area contributed by atoms with E-state index in [-0.39, 0.29) is 122 Å². The molecule has 672 valence electrons. The molecule has 3 unspecified atom stereocenters. The summed E-state index contributed by atoms with van der Waals surface area (Å²) in [5.74, 6) is -9.55. The number of hydrogen-bond donors (Lipinski definition) is 4. The molecule has 24 heteroatoms. The molecule has 4 fully saturated rings. The van der Waals surface area contributed by atoms with E-state index in [1.807, 2.05) is 49.1 Å². The van der Waals surface area contributed by atoms with Crippen LogP contribution >= 0.6 is 0 Å². The highest BCUT2D eigenvalue weighted by atomic mass is 16.6. The minimum absolute atomic E-state index is 0.0115. The summed E-state index contributed by atoms with van der Waals surface area (Å²) in [7, 11) is 3.92. The van der Waals surface area contributed by atoms with E-state index in [1.165, 1.54) is 14.2 Å². The molecule has 4 aromatic carbocycles. The van der Waals surface area contributed by atoms with E-state index in [0.717, 1.165) is 91.2 Å². The number of benzene rings is 4. The number of rotatable bonds is 28. The first-order chi connectivity index (χ1) is 66.2. The van der Waals surface area contributed by atoms with Gasteiger partial charge in [-0.15, -0.1) is 0 Å².